The van der Waals surface area contributed by atoms with Crippen LogP contribution in [0.25, 0.3) is 5.65 Å². The zero-order valence-corrected chi connectivity index (χ0v) is 18.3. The standard InChI is InChI=1S/C18H27N5S.HI/c1-14(2)16-13-23(10-11-24-16)18(19-3)20-8-7-15-12-22-9-5-4-6-17(22)21-15;/h4-6,9,12,14,16H,7-8,10-11,13H2,1-3H3,(H,19,20);1H. The van der Waals surface area contributed by atoms with Gasteiger partial charge in [0.05, 0.1) is 5.69 Å². The Bertz CT molecular complexity index is 667. The third-order valence-electron chi connectivity index (χ3n) is 4.43. The number of aromatic nitrogens is 2. The maximum atomic E-state index is 4.65. The normalized spacial score (nSPS) is 18.5. The summed E-state index contributed by atoms with van der Waals surface area (Å²) in [6.07, 6.45) is 5.04. The van der Waals surface area contributed by atoms with Crippen LogP contribution in [0.3, 0.4) is 0 Å². The molecular formula is C18H28IN5S. The summed E-state index contributed by atoms with van der Waals surface area (Å²) in [5.74, 6) is 2.90. The Hall–Kier alpha value is -0.960. The topological polar surface area (TPSA) is 44.9 Å². The van der Waals surface area contributed by atoms with Gasteiger partial charge >= 0.3 is 0 Å². The summed E-state index contributed by atoms with van der Waals surface area (Å²) in [6, 6.07) is 6.08. The molecule has 0 aromatic carbocycles. The van der Waals surface area contributed by atoms with Crippen molar-refractivity contribution in [2.45, 2.75) is 25.5 Å². The number of guanidine groups is 1. The molecule has 0 bridgehead atoms. The van der Waals surface area contributed by atoms with Crippen LogP contribution in [-0.4, -0.2) is 57.9 Å². The number of rotatable bonds is 4. The van der Waals surface area contributed by atoms with E-state index in [0.717, 1.165) is 43.4 Å². The van der Waals surface area contributed by atoms with Gasteiger partial charge in [-0.1, -0.05) is 19.9 Å². The predicted molar refractivity (Wildman–Crippen MR) is 118 cm³/mol. The number of aliphatic imine (C=N–C) groups is 1. The second-order valence-electron chi connectivity index (χ2n) is 6.52. The molecule has 1 unspecified atom stereocenters. The SMILES string of the molecule is CN=C(NCCc1cn2ccccc2n1)N1CCSC(C(C)C)C1.I. The van der Waals surface area contributed by atoms with E-state index in [0.29, 0.717) is 11.2 Å². The molecule has 1 aliphatic heterocycles. The van der Waals surface area contributed by atoms with Gasteiger partial charge < -0.3 is 14.6 Å². The first-order valence-corrected chi connectivity index (χ1v) is 9.72. The zero-order valence-electron chi connectivity index (χ0n) is 15.2. The molecule has 1 N–H and O–H groups in total. The summed E-state index contributed by atoms with van der Waals surface area (Å²) in [5, 5.41) is 4.20. The highest BCUT2D eigenvalue weighted by molar-refractivity contribution is 14.0. The van der Waals surface area contributed by atoms with Crippen molar-refractivity contribution in [2.75, 3.05) is 32.4 Å². The fraction of sp³-hybridized carbons (Fsp3) is 0.556. The maximum absolute atomic E-state index is 4.65. The summed E-state index contributed by atoms with van der Waals surface area (Å²) in [7, 11) is 1.87. The van der Waals surface area contributed by atoms with Gasteiger partial charge in [-0.05, 0) is 18.1 Å². The van der Waals surface area contributed by atoms with Gasteiger partial charge in [0.25, 0.3) is 0 Å². The van der Waals surface area contributed by atoms with Crippen LogP contribution in [0.4, 0.5) is 0 Å². The van der Waals surface area contributed by atoms with Crippen LogP contribution in [-0.2, 0) is 6.42 Å². The highest BCUT2D eigenvalue weighted by Crippen LogP contribution is 2.24. The van der Waals surface area contributed by atoms with Crippen LogP contribution in [0.2, 0.25) is 0 Å². The van der Waals surface area contributed by atoms with E-state index in [-0.39, 0.29) is 24.0 Å². The van der Waals surface area contributed by atoms with Crippen LogP contribution >= 0.6 is 35.7 Å². The molecule has 3 rings (SSSR count). The van der Waals surface area contributed by atoms with Gasteiger partial charge in [0, 0.05) is 56.5 Å². The molecule has 0 radical (unpaired) electrons. The lowest BCUT2D eigenvalue weighted by molar-refractivity contribution is 0.381. The Morgan fingerprint density at radius 1 is 1.44 bits per heavy atom. The molecule has 7 heteroatoms. The van der Waals surface area contributed by atoms with Crippen molar-refractivity contribution >= 4 is 47.3 Å². The molecule has 0 spiro atoms. The summed E-state index contributed by atoms with van der Waals surface area (Å²) in [5.41, 5.74) is 2.11. The Balaban J connectivity index is 0.00000225. The van der Waals surface area contributed by atoms with Crippen molar-refractivity contribution in [1.82, 2.24) is 19.6 Å². The highest BCUT2D eigenvalue weighted by atomic mass is 127. The summed E-state index contributed by atoms with van der Waals surface area (Å²) >= 11 is 2.09. The smallest absolute Gasteiger partial charge is 0.193 e. The molecule has 25 heavy (non-hydrogen) atoms. The third kappa shape index (κ3) is 5.26. The summed E-state index contributed by atoms with van der Waals surface area (Å²) < 4.78 is 2.07. The summed E-state index contributed by atoms with van der Waals surface area (Å²) in [4.78, 5) is 11.5. The molecule has 1 saturated heterocycles. The molecule has 1 fully saturated rings. The van der Waals surface area contributed by atoms with Crippen molar-refractivity contribution in [3.63, 3.8) is 0 Å². The Labute approximate surface area is 171 Å². The zero-order chi connectivity index (χ0) is 16.9. The molecule has 1 aliphatic rings. The van der Waals surface area contributed by atoms with Crippen LogP contribution < -0.4 is 5.32 Å². The molecule has 0 aliphatic carbocycles. The van der Waals surface area contributed by atoms with E-state index >= 15 is 0 Å². The fourth-order valence-electron chi connectivity index (χ4n) is 3.01. The minimum atomic E-state index is 0. The quantitative estimate of drug-likeness (QED) is 0.421. The van der Waals surface area contributed by atoms with Crippen molar-refractivity contribution in [1.29, 1.82) is 0 Å². The van der Waals surface area contributed by atoms with E-state index in [2.05, 4.69) is 56.4 Å². The lowest BCUT2D eigenvalue weighted by Gasteiger charge is -2.36. The van der Waals surface area contributed by atoms with Gasteiger partial charge in [-0.2, -0.15) is 11.8 Å². The van der Waals surface area contributed by atoms with Gasteiger partial charge in [0.1, 0.15) is 5.65 Å². The van der Waals surface area contributed by atoms with Crippen molar-refractivity contribution in [3.8, 4) is 0 Å². The van der Waals surface area contributed by atoms with Crippen molar-refractivity contribution in [3.05, 3.63) is 36.3 Å². The molecular weight excluding hydrogens is 445 g/mol. The largest absolute Gasteiger partial charge is 0.356 e. The Kier molecular flexibility index (Phi) is 7.86. The van der Waals surface area contributed by atoms with E-state index in [1.807, 2.05) is 31.4 Å². The number of nitrogens with zero attached hydrogens (tertiary/aromatic N) is 4. The van der Waals surface area contributed by atoms with Crippen molar-refractivity contribution < 1.29 is 0 Å². The molecule has 1 atom stereocenters. The monoisotopic (exact) mass is 473 g/mol. The minimum absolute atomic E-state index is 0. The maximum Gasteiger partial charge on any atom is 0.193 e. The number of nitrogens with one attached hydrogen (secondary N) is 1. The van der Waals surface area contributed by atoms with Gasteiger partial charge in [0.15, 0.2) is 5.96 Å². The van der Waals surface area contributed by atoms with Crippen LogP contribution in [0.5, 0.6) is 0 Å². The number of fused-ring (bicyclic) bond motifs is 1. The second kappa shape index (κ2) is 9.66. The number of hydrogen-bond donors (Lipinski definition) is 1. The third-order valence-corrected chi connectivity index (χ3v) is 5.97. The highest BCUT2D eigenvalue weighted by Gasteiger charge is 2.24. The Morgan fingerprint density at radius 2 is 2.28 bits per heavy atom. The fourth-order valence-corrected chi connectivity index (χ4v) is 4.31. The number of thioether (sulfide) groups is 1. The number of pyridine rings is 1. The molecule has 0 saturated carbocycles. The lowest BCUT2D eigenvalue weighted by atomic mass is 10.1. The lowest BCUT2D eigenvalue weighted by Crippen LogP contribution is -2.49. The molecule has 3 heterocycles. The first-order chi connectivity index (χ1) is 11.7. The number of hydrogen-bond acceptors (Lipinski definition) is 3. The first kappa shape index (κ1) is 20.4. The van der Waals surface area contributed by atoms with E-state index in [1.165, 1.54) is 5.75 Å². The van der Waals surface area contributed by atoms with Gasteiger partial charge in [-0.3, -0.25) is 4.99 Å². The molecule has 2 aromatic heterocycles. The van der Waals surface area contributed by atoms with E-state index in [1.54, 1.807) is 0 Å². The van der Waals surface area contributed by atoms with Gasteiger partial charge in [-0.25, -0.2) is 4.98 Å². The van der Waals surface area contributed by atoms with Crippen LogP contribution in [0.15, 0.2) is 35.6 Å². The molecule has 5 nitrogen and oxygen atoms in total. The number of imidazole rings is 1. The summed E-state index contributed by atoms with van der Waals surface area (Å²) in [6.45, 7) is 7.62. The van der Waals surface area contributed by atoms with Crippen LogP contribution in [0, 0.1) is 5.92 Å². The van der Waals surface area contributed by atoms with Crippen LogP contribution in [0.1, 0.15) is 19.5 Å². The van der Waals surface area contributed by atoms with E-state index in [4.69, 9.17) is 0 Å². The molecule has 0 amide bonds. The molecule has 2 aromatic rings. The van der Waals surface area contributed by atoms with Gasteiger partial charge in [-0.15, -0.1) is 24.0 Å². The van der Waals surface area contributed by atoms with E-state index < -0.39 is 0 Å². The average molecular weight is 473 g/mol. The predicted octanol–water partition coefficient (Wildman–Crippen LogP) is 3.14. The number of halogens is 1. The van der Waals surface area contributed by atoms with Gasteiger partial charge in [0.2, 0.25) is 0 Å². The van der Waals surface area contributed by atoms with E-state index in [9.17, 15) is 0 Å². The minimum Gasteiger partial charge on any atom is -0.356 e. The van der Waals surface area contributed by atoms with Crippen molar-refractivity contribution in [2.24, 2.45) is 10.9 Å². The first-order valence-electron chi connectivity index (χ1n) is 8.67. The molecule has 138 valence electrons. The average Bonchev–Trinajstić information content (AvgIpc) is 3.01. The Morgan fingerprint density at radius 3 is 3.00 bits per heavy atom. The second-order valence-corrected chi connectivity index (χ2v) is 7.87.